The van der Waals surface area contributed by atoms with E-state index in [0.29, 0.717) is 6.54 Å². The minimum atomic E-state index is -0.905. The highest BCUT2D eigenvalue weighted by atomic mass is 16.4. The molecule has 0 saturated heterocycles. The van der Waals surface area contributed by atoms with Crippen molar-refractivity contribution >= 4 is 5.97 Å². The molecule has 2 N–H and O–H groups in total. The van der Waals surface area contributed by atoms with Gasteiger partial charge >= 0.3 is 5.97 Å². The summed E-state index contributed by atoms with van der Waals surface area (Å²) in [6, 6.07) is 0. The lowest BCUT2D eigenvalue weighted by Gasteiger charge is -2.40. The number of quaternary nitrogens is 1. The summed E-state index contributed by atoms with van der Waals surface area (Å²) >= 11 is 0. The first-order valence-corrected chi connectivity index (χ1v) is 8.24. The lowest BCUT2D eigenvalue weighted by molar-refractivity contribution is -0.931. The van der Waals surface area contributed by atoms with Crippen molar-refractivity contribution in [1.29, 1.82) is 0 Å². The molecule has 0 saturated carbocycles. The second kappa shape index (κ2) is 11.1. The van der Waals surface area contributed by atoms with Crippen LogP contribution in [0, 0.1) is 0 Å². The first-order chi connectivity index (χ1) is 9.49. The molecular formula is C16H34NO3+. The van der Waals surface area contributed by atoms with Crippen LogP contribution in [0.15, 0.2) is 0 Å². The van der Waals surface area contributed by atoms with Gasteiger partial charge in [-0.2, -0.15) is 0 Å². The van der Waals surface area contributed by atoms with Gasteiger partial charge in [-0.25, -0.2) is 0 Å². The Morgan fingerprint density at radius 1 is 0.950 bits per heavy atom. The summed E-state index contributed by atoms with van der Waals surface area (Å²) in [5.74, 6) is -0.905. The van der Waals surface area contributed by atoms with Gasteiger partial charge in [-0.1, -0.05) is 40.0 Å². The number of aliphatic carboxylic acids is 1. The quantitative estimate of drug-likeness (QED) is 0.512. The summed E-state index contributed by atoms with van der Waals surface area (Å²) in [6.07, 6.45) is 6.02. The van der Waals surface area contributed by atoms with Gasteiger partial charge < -0.3 is 14.7 Å². The molecule has 0 aliphatic rings. The van der Waals surface area contributed by atoms with Crippen LogP contribution in [0.25, 0.3) is 0 Å². The van der Waals surface area contributed by atoms with Crippen LogP contribution in [0.5, 0.6) is 0 Å². The topological polar surface area (TPSA) is 57.5 Å². The number of rotatable bonds is 13. The average molecular weight is 288 g/mol. The molecule has 20 heavy (non-hydrogen) atoms. The molecule has 0 radical (unpaired) electrons. The smallest absolute Gasteiger partial charge is 0.306 e. The SMILES string of the molecule is CCCC[N+](CCCC)(CCCC)CC(O)CC(=O)O. The number of aliphatic hydroxyl groups is 1. The highest BCUT2D eigenvalue weighted by Crippen LogP contribution is 2.17. The average Bonchev–Trinajstić information content (AvgIpc) is 2.39. The summed E-state index contributed by atoms with van der Waals surface area (Å²) < 4.78 is 0.893. The Bertz CT molecular complexity index is 234. The monoisotopic (exact) mass is 288 g/mol. The molecule has 0 fully saturated rings. The van der Waals surface area contributed by atoms with E-state index in [9.17, 15) is 9.90 Å². The van der Waals surface area contributed by atoms with Gasteiger partial charge in [-0.05, 0) is 19.3 Å². The number of unbranched alkanes of at least 4 members (excludes halogenated alkanes) is 3. The first kappa shape index (κ1) is 19.4. The van der Waals surface area contributed by atoms with Crippen molar-refractivity contribution in [3.8, 4) is 0 Å². The van der Waals surface area contributed by atoms with Gasteiger partial charge in [0, 0.05) is 0 Å². The zero-order valence-electron chi connectivity index (χ0n) is 13.6. The Hall–Kier alpha value is -0.610. The van der Waals surface area contributed by atoms with Gasteiger partial charge in [-0.15, -0.1) is 0 Å². The largest absolute Gasteiger partial charge is 0.481 e. The Kier molecular flexibility index (Phi) is 10.8. The summed E-state index contributed by atoms with van der Waals surface area (Å²) in [7, 11) is 0. The van der Waals surface area contributed by atoms with Crippen LogP contribution in [0.4, 0.5) is 0 Å². The number of carboxylic acid groups (broad SMARTS) is 1. The van der Waals surface area contributed by atoms with Crippen LogP contribution in [-0.4, -0.2) is 52.9 Å². The van der Waals surface area contributed by atoms with Gasteiger partial charge in [-0.3, -0.25) is 4.79 Å². The lowest BCUT2D eigenvalue weighted by Crippen LogP contribution is -2.54. The first-order valence-electron chi connectivity index (χ1n) is 8.24. The van der Waals surface area contributed by atoms with Crippen LogP contribution in [-0.2, 0) is 4.79 Å². The molecule has 4 heteroatoms. The maximum Gasteiger partial charge on any atom is 0.306 e. The molecule has 0 aromatic rings. The normalized spacial score (nSPS) is 13.4. The third-order valence-electron chi connectivity index (χ3n) is 3.97. The predicted octanol–water partition coefficient (Wildman–Crippen LogP) is 3.04. The molecule has 0 aromatic carbocycles. The minimum Gasteiger partial charge on any atom is -0.481 e. The molecule has 0 spiro atoms. The highest BCUT2D eigenvalue weighted by molar-refractivity contribution is 5.67. The van der Waals surface area contributed by atoms with E-state index in [-0.39, 0.29) is 6.42 Å². The van der Waals surface area contributed by atoms with Crippen molar-refractivity contribution in [2.24, 2.45) is 0 Å². The third kappa shape index (κ3) is 8.54. The zero-order chi connectivity index (χ0) is 15.4. The van der Waals surface area contributed by atoms with E-state index >= 15 is 0 Å². The zero-order valence-corrected chi connectivity index (χ0v) is 13.6. The summed E-state index contributed by atoms with van der Waals surface area (Å²) in [6.45, 7) is 10.3. The maximum atomic E-state index is 10.8. The summed E-state index contributed by atoms with van der Waals surface area (Å²) in [5.41, 5.74) is 0. The van der Waals surface area contributed by atoms with Gasteiger partial charge in [0.05, 0.1) is 26.1 Å². The van der Waals surface area contributed by atoms with Crippen LogP contribution in [0.2, 0.25) is 0 Å². The third-order valence-corrected chi connectivity index (χ3v) is 3.97. The molecule has 0 amide bonds. The van der Waals surface area contributed by atoms with E-state index in [1.165, 1.54) is 0 Å². The van der Waals surface area contributed by atoms with E-state index < -0.39 is 12.1 Å². The standard InChI is InChI=1S/C16H33NO3/c1-4-7-10-17(11-8-5-2,12-9-6-3)14-15(18)13-16(19)20/h15,18H,4-14H2,1-3H3/p+1. The van der Waals surface area contributed by atoms with Crippen molar-refractivity contribution in [3.63, 3.8) is 0 Å². The van der Waals surface area contributed by atoms with E-state index in [4.69, 9.17) is 5.11 Å². The van der Waals surface area contributed by atoms with Crippen molar-refractivity contribution < 1.29 is 19.5 Å². The van der Waals surface area contributed by atoms with Crippen LogP contribution < -0.4 is 0 Å². The minimum absolute atomic E-state index is 0.135. The predicted molar refractivity (Wildman–Crippen MR) is 82.7 cm³/mol. The van der Waals surface area contributed by atoms with E-state index in [2.05, 4.69) is 20.8 Å². The number of carbonyl (C=O) groups is 1. The molecule has 0 rings (SSSR count). The van der Waals surface area contributed by atoms with Crippen LogP contribution in [0.3, 0.4) is 0 Å². The fourth-order valence-electron chi connectivity index (χ4n) is 2.80. The highest BCUT2D eigenvalue weighted by Gasteiger charge is 2.29. The van der Waals surface area contributed by atoms with Crippen molar-refractivity contribution in [3.05, 3.63) is 0 Å². The molecule has 0 bridgehead atoms. The maximum absolute atomic E-state index is 10.8. The molecule has 1 unspecified atom stereocenters. The molecule has 4 nitrogen and oxygen atoms in total. The van der Waals surface area contributed by atoms with E-state index in [1.807, 2.05) is 0 Å². The Balaban J connectivity index is 4.77. The Morgan fingerprint density at radius 2 is 1.35 bits per heavy atom. The number of hydrogen-bond acceptors (Lipinski definition) is 2. The van der Waals surface area contributed by atoms with Crippen molar-refractivity contribution in [2.75, 3.05) is 26.2 Å². The fraction of sp³-hybridized carbons (Fsp3) is 0.938. The fourth-order valence-corrected chi connectivity index (χ4v) is 2.80. The molecule has 0 heterocycles. The molecule has 0 aliphatic heterocycles. The van der Waals surface area contributed by atoms with Crippen molar-refractivity contribution in [1.82, 2.24) is 0 Å². The number of nitrogens with zero attached hydrogens (tertiary/aromatic N) is 1. The second-order valence-corrected chi connectivity index (χ2v) is 6.01. The molecule has 0 aliphatic carbocycles. The van der Waals surface area contributed by atoms with Crippen molar-refractivity contribution in [2.45, 2.75) is 71.8 Å². The summed E-state index contributed by atoms with van der Waals surface area (Å²) in [5, 5.41) is 18.9. The van der Waals surface area contributed by atoms with E-state index in [1.54, 1.807) is 0 Å². The molecule has 1 atom stereocenters. The molecule has 120 valence electrons. The number of carboxylic acids is 1. The Labute approximate surface area is 124 Å². The molecular weight excluding hydrogens is 254 g/mol. The van der Waals surface area contributed by atoms with Gasteiger partial charge in [0.15, 0.2) is 0 Å². The summed E-state index contributed by atoms with van der Waals surface area (Å²) in [4.78, 5) is 10.8. The second-order valence-electron chi connectivity index (χ2n) is 6.01. The Morgan fingerprint density at radius 3 is 1.65 bits per heavy atom. The number of aliphatic hydroxyl groups excluding tert-OH is 1. The number of hydrogen-bond donors (Lipinski definition) is 2. The molecule has 0 aromatic heterocycles. The van der Waals surface area contributed by atoms with Gasteiger partial charge in [0.25, 0.3) is 0 Å². The van der Waals surface area contributed by atoms with Crippen LogP contribution in [0.1, 0.15) is 65.7 Å². The van der Waals surface area contributed by atoms with Crippen LogP contribution >= 0.6 is 0 Å². The lowest BCUT2D eigenvalue weighted by atomic mass is 10.1. The van der Waals surface area contributed by atoms with E-state index in [0.717, 1.165) is 62.6 Å². The van der Waals surface area contributed by atoms with Gasteiger partial charge in [0.1, 0.15) is 12.6 Å². The van der Waals surface area contributed by atoms with Gasteiger partial charge in [0.2, 0.25) is 0 Å².